The summed E-state index contributed by atoms with van der Waals surface area (Å²) >= 11 is 6.36. The van der Waals surface area contributed by atoms with E-state index in [1.165, 1.54) is 5.56 Å². The van der Waals surface area contributed by atoms with Crippen molar-refractivity contribution in [3.8, 4) is 16.9 Å². The molecule has 1 heterocycles. The molecule has 0 amide bonds. The summed E-state index contributed by atoms with van der Waals surface area (Å²) in [7, 11) is 1.92. The number of fused-ring (bicyclic) bond motifs is 1. The van der Waals surface area contributed by atoms with E-state index < -0.39 is 0 Å². The van der Waals surface area contributed by atoms with Gasteiger partial charge in [0.25, 0.3) is 0 Å². The largest absolute Gasteiger partial charge is 0.493 e. The lowest BCUT2D eigenvalue weighted by molar-refractivity contribution is 0.289. The number of ether oxygens (including phenoxy) is 1. The number of hydrogen-bond donors (Lipinski definition) is 1. The molecule has 0 saturated heterocycles. The molecule has 2 aromatic rings. The molecule has 1 aliphatic rings. The Morgan fingerprint density at radius 3 is 2.95 bits per heavy atom. The zero-order chi connectivity index (χ0) is 13.9. The summed E-state index contributed by atoms with van der Waals surface area (Å²) in [5.74, 6) is 1.02. The summed E-state index contributed by atoms with van der Waals surface area (Å²) in [5.41, 5.74) is 4.67. The number of nitrogens with one attached hydrogen (secondary N) is 1. The maximum atomic E-state index is 6.36. The smallest absolute Gasteiger partial charge is 0.130 e. The van der Waals surface area contributed by atoms with Gasteiger partial charge in [-0.05, 0) is 42.6 Å². The van der Waals surface area contributed by atoms with Crippen LogP contribution in [-0.4, -0.2) is 13.7 Å². The molecule has 3 rings (SSSR count). The minimum atomic E-state index is 0.780. The first-order chi connectivity index (χ1) is 9.79. The molecule has 104 valence electrons. The van der Waals surface area contributed by atoms with Crippen LogP contribution < -0.4 is 10.1 Å². The highest BCUT2D eigenvalue weighted by molar-refractivity contribution is 6.31. The Kier molecular flexibility index (Phi) is 3.95. The van der Waals surface area contributed by atoms with Gasteiger partial charge in [0.1, 0.15) is 5.75 Å². The van der Waals surface area contributed by atoms with Crippen LogP contribution in [0.1, 0.15) is 17.5 Å². The minimum Gasteiger partial charge on any atom is -0.493 e. The van der Waals surface area contributed by atoms with Gasteiger partial charge in [-0.3, -0.25) is 0 Å². The van der Waals surface area contributed by atoms with Gasteiger partial charge in [-0.1, -0.05) is 41.9 Å². The summed E-state index contributed by atoms with van der Waals surface area (Å²) in [6.07, 6.45) is 2.19. The van der Waals surface area contributed by atoms with Gasteiger partial charge in [0.05, 0.1) is 6.61 Å². The van der Waals surface area contributed by atoms with Crippen LogP contribution in [0.2, 0.25) is 5.02 Å². The van der Waals surface area contributed by atoms with Crippen LogP contribution in [0.25, 0.3) is 11.1 Å². The maximum Gasteiger partial charge on any atom is 0.130 e. The predicted molar refractivity (Wildman–Crippen MR) is 83.5 cm³/mol. The Balaban J connectivity index is 2.03. The predicted octanol–water partition coefficient (Wildman–Crippen LogP) is 4.05. The fourth-order valence-corrected chi connectivity index (χ4v) is 2.91. The number of halogens is 1. The lowest BCUT2D eigenvalue weighted by atomic mass is 9.97. The average Bonchev–Trinajstić information content (AvgIpc) is 2.49. The Morgan fingerprint density at radius 2 is 2.15 bits per heavy atom. The van der Waals surface area contributed by atoms with E-state index >= 15 is 0 Å². The first-order valence-corrected chi connectivity index (χ1v) is 7.35. The van der Waals surface area contributed by atoms with Crippen molar-refractivity contribution < 1.29 is 4.74 Å². The third-order valence-corrected chi connectivity index (χ3v) is 4.02. The number of hydrogen-bond acceptors (Lipinski definition) is 2. The molecule has 0 atom stereocenters. The second-order valence-corrected chi connectivity index (χ2v) is 5.49. The van der Waals surface area contributed by atoms with Crippen molar-refractivity contribution in [2.45, 2.75) is 19.4 Å². The van der Waals surface area contributed by atoms with Crippen LogP contribution in [0.15, 0.2) is 36.4 Å². The van der Waals surface area contributed by atoms with Crippen molar-refractivity contribution in [2.75, 3.05) is 13.7 Å². The Morgan fingerprint density at radius 1 is 1.25 bits per heavy atom. The van der Waals surface area contributed by atoms with E-state index in [0.29, 0.717) is 0 Å². The van der Waals surface area contributed by atoms with Gasteiger partial charge in [0.2, 0.25) is 0 Å². The topological polar surface area (TPSA) is 21.3 Å². The SMILES string of the molecule is CNCc1ccc(-c2cccc3c2OCCC3)cc1Cl. The molecule has 0 spiro atoms. The van der Waals surface area contributed by atoms with Gasteiger partial charge in [-0.15, -0.1) is 0 Å². The monoisotopic (exact) mass is 287 g/mol. The molecule has 1 aliphatic heterocycles. The molecular weight excluding hydrogens is 270 g/mol. The molecule has 1 N–H and O–H groups in total. The van der Waals surface area contributed by atoms with Crippen LogP contribution in [0.4, 0.5) is 0 Å². The second kappa shape index (κ2) is 5.86. The summed E-state index contributed by atoms with van der Waals surface area (Å²) in [4.78, 5) is 0. The van der Waals surface area contributed by atoms with Gasteiger partial charge < -0.3 is 10.1 Å². The Labute approximate surface area is 124 Å². The highest BCUT2D eigenvalue weighted by Gasteiger charge is 2.15. The zero-order valence-electron chi connectivity index (χ0n) is 11.6. The van der Waals surface area contributed by atoms with E-state index in [2.05, 4.69) is 35.6 Å². The van der Waals surface area contributed by atoms with E-state index in [4.69, 9.17) is 16.3 Å². The van der Waals surface area contributed by atoms with Gasteiger partial charge in [0, 0.05) is 17.1 Å². The molecule has 0 fully saturated rings. The minimum absolute atomic E-state index is 0.780. The normalized spacial score (nSPS) is 13.7. The zero-order valence-corrected chi connectivity index (χ0v) is 12.3. The van der Waals surface area contributed by atoms with Crippen LogP contribution in [0.3, 0.4) is 0 Å². The number of rotatable bonds is 3. The van der Waals surface area contributed by atoms with Crippen molar-refractivity contribution in [3.63, 3.8) is 0 Å². The van der Waals surface area contributed by atoms with E-state index in [1.54, 1.807) is 0 Å². The van der Waals surface area contributed by atoms with Crippen molar-refractivity contribution >= 4 is 11.6 Å². The molecule has 0 radical (unpaired) electrons. The highest BCUT2D eigenvalue weighted by Crippen LogP contribution is 2.37. The van der Waals surface area contributed by atoms with Crippen molar-refractivity contribution in [1.29, 1.82) is 0 Å². The van der Waals surface area contributed by atoms with E-state index in [1.807, 2.05) is 13.1 Å². The standard InChI is InChI=1S/C17H18ClNO/c1-19-11-14-8-7-13(10-16(14)18)15-6-2-4-12-5-3-9-20-17(12)15/h2,4,6-8,10,19H,3,5,9,11H2,1H3. The van der Waals surface area contributed by atoms with Gasteiger partial charge in [-0.25, -0.2) is 0 Å². The number of benzene rings is 2. The van der Waals surface area contributed by atoms with E-state index in [9.17, 15) is 0 Å². The third-order valence-electron chi connectivity index (χ3n) is 3.66. The van der Waals surface area contributed by atoms with Gasteiger partial charge >= 0.3 is 0 Å². The van der Waals surface area contributed by atoms with Gasteiger partial charge in [-0.2, -0.15) is 0 Å². The van der Waals surface area contributed by atoms with E-state index in [-0.39, 0.29) is 0 Å². The number of para-hydroxylation sites is 1. The molecule has 20 heavy (non-hydrogen) atoms. The van der Waals surface area contributed by atoms with Crippen LogP contribution >= 0.6 is 11.6 Å². The first kappa shape index (κ1) is 13.5. The average molecular weight is 288 g/mol. The first-order valence-electron chi connectivity index (χ1n) is 6.97. The van der Waals surface area contributed by atoms with Crippen molar-refractivity contribution in [3.05, 3.63) is 52.5 Å². The summed E-state index contributed by atoms with van der Waals surface area (Å²) in [6, 6.07) is 12.6. The summed E-state index contributed by atoms with van der Waals surface area (Å²) < 4.78 is 5.87. The third kappa shape index (κ3) is 2.54. The Hall–Kier alpha value is -1.51. The Bertz CT molecular complexity index is 624. The molecule has 0 saturated carbocycles. The molecule has 0 unspecified atom stereocenters. The van der Waals surface area contributed by atoms with E-state index in [0.717, 1.165) is 53.5 Å². The lowest BCUT2D eigenvalue weighted by Crippen LogP contribution is -2.09. The fourth-order valence-electron chi connectivity index (χ4n) is 2.66. The molecule has 3 heteroatoms. The number of aryl methyl sites for hydroxylation is 1. The quantitative estimate of drug-likeness (QED) is 0.919. The lowest BCUT2D eigenvalue weighted by Gasteiger charge is -2.20. The molecule has 0 aliphatic carbocycles. The maximum absolute atomic E-state index is 6.36. The van der Waals surface area contributed by atoms with Crippen LogP contribution in [0, 0.1) is 0 Å². The molecule has 2 nitrogen and oxygen atoms in total. The molecule has 0 bridgehead atoms. The van der Waals surface area contributed by atoms with Crippen molar-refractivity contribution in [2.24, 2.45) is 0 Å². The fraction of sp³-hybridized carbons (Fsp3) is 0.294. The molecule has 2 aromatic carbocycles. The molecular formula is C17H18ClNO. The molecule has 0 aromatic heterocycles. The van der Waals surface area contributed by atoms with Gasteiger partial charge in [0.15, 0.2) is 0 Å². The summed E-state index contributed by atoms with van der Waals surface area (Å²) in [5, 5.41) is 3.92. The van der Waals surface area contributed by atoms with Crippen LogP contribution in [-0.2, 0) is 13.0 Å². The van der Waals surface area contributed by atoms with Crippen molar-refractivity contribution in [1.82, 2.24) is 5.32 Å². The second-order valence-electron chi connectivity index (χ2n) is 5.08. The van der Waals surface area contributed by atoms with Crippen LogP contribution in [0.5, 0.6) is 5.75 Å². The summed E-state index contributed by atoms with van der Waals surface area (Å²) in [6.45, 7) is 1.58. The highest BCUT2D eigenvalue weighted by atomic mass is 35.5.